The highest BCUT2D eigenvalue weighted by atomic mass is 32.1. The molecule has 2 aromatic carbocycles. The Morgan fingerprint density at radius 2 is 1.70 bits per heavy atom. The molecule has 0 aromatic heterocycles. The molecule has 0 aliphatic carbocycles. The van der Waals surface area contributed by atoms with E-state index in [1.165, 1.54) is 0 Å². The van der Waals surface area contributed by atoms with Gasteiger partial charge in [-0.3, -0.25) is 0 Å². The number of nitrogens with zero attached hydrogens (tertiary/aromatic N) is 1. The Morgan fingerprint density at radius 3 is 2.25 bits per heavy atom. The monoisotopic (exact) mass is 288 g/mol. The molecule has 5 heteroatoms. The molecule has 2 aromatic rings. The highest BCUT2D eigenvalue weighted by Crippen LogP contribution is 2.19. The second-order valence-electron chi connectivity index (χ2n) is 4.23. The topological polar surface area (TPSA) is 44.7 Å². The first-order valence-electron chi connectivity index (χ1n) is 6.08. The summed E-state index contributed by atoms with van der Waals surface area (Å²) in [5.41, 5.74) is 1.79. The molecule has 0 amide bonds. The van der Waals surface area contributed by atoms with Gasteiger partial charge in [0.25, 0.3) is 0 Å². The van der Waals surface area contributed by atoms with Gasteiger partial charge in [0.15, 0.2) is 5.11 Å². The number of hydrogen-bond acceptors (Lipinski definition) is 3. The zero-order valence-corrected chi connectivity index (χ0v) is 12.1. The zero-order chi connectivity index (χ0) is 14.5. The van der Waals surface area contributed by atoms with Crippen LogP contribution in [-0.2, 0) is 0 Å². The van der Waals surface area contributed by atoms with Crippen molar-refractivity contribution >= 4 is 28.7 Å². The van der Waals surface area contributed by atoms with Gasteiger partial charge in [0.05, 0.1) is 7.11 Å². The maximum Gasteiger partial charge on any atom is 0.177 e. The van der Waals surface area contributed by atoms with E-state index in [2.05, 4.69) is 5.32 Å². The van der Waals surface area contributed by atoms with E-state index < -0.39 is 0 Å². The van der Waals surface area contributed by atoms with Gasteiger partial charge in [0.1, 0.15) is 11.5 Å². The molecule has 4 nitrogen and oxygen atoms in total. The number of anilines is 2. The predicted octanol–water partition coefficient (Wildman–Crippen LogP) is 3.23. The van der Waals surface area contributed by atoms with E-state index in [4.69, 9.17) is 17.0 Å². The second kappa shape index (κ2) is 6.25. The van der Waals surface area contributed by atoms with Crippen molar-refractivity contribution in [3.05, 3.63) is 48.5 Å². The van der Waals surface area contributed by atoms with Gasteiger partial charge in [0, 0.05) is 18.4 Å². The van der Waals surface area contributed by atoms with E-state index in [9.17, 15) is 5.11 Å². The van der Waals surface area contributed by atoms with E-state index in [1.807, 2.05) is 36.2 Å². The number of methoxy groups -OCH3 is 1. The summed E-state index contributed by atoms with van der Waals surface area (Å²) in [6.45, 7) is 0. The Bertz CT molecular complexity index is 582. The fraction of sp³-hybridized carbons (Fsp3) is 0.133. The number of benzene rings is 2. The summed E-state index contributed by atoms with van der Waals surface area (Å²) in [6, 6.07) is 14.4. The summed E-state index contributed by atoms with van der Waals surface area (Å²) in [6.07, 6.45) is 0. The van der Waals surface area contributed by atoms with Crippen LogP contribution in [0.15, 0.2) is 48.5 Å². The van der Waals surface area contributed by atoms with E-state index in [0.717, 1.165) is 17.1 Å². The van der Waals surface area contributed by atoms with Crippen molar-refractivity contribution in [1.82, 2.24) is 0 Å². The molecule has 0 unspecified atom stereocenters. The van der Waals surface area contributed by atoms with Crippen molar-refractivity contribution in [2.75, 3.05) is 24.4 Å². The molecule has 0 atom stereocenters. The summed E-state index contributed by atoms with van der Waals surface area (Å²) >= 11 is 5.36. The lowest BCUT2D eigenvalue weighted by Gasteiger charge is -2.21. The van der Waals surface area contributed by atoms with Crippen LogP contribution >= 0.6 is 12.2 Å². The van der Waals surface area contributed by atoms with Gasteiger partial charge in [0.2, 0.25) is 0 Å². The minimum atomic E-state index is 0.233. The molecule has 0 fully saturated rings. The maximum absolute atomic E-state index is 9.28. The normalized spacial score (nSPS) is 9.90. The van der Waals surface area contributed by atoms with Crippen LogP contribution in [0, 0.1) is 0 Å². The lowest BCUT2D eigenvalue weighted by molar-refractivity contribution is 0.415. The Morgan fingerprint density at radius 1 is 1.10 bits per heavy atom. The predicted molar refractivity (Wildman–Crippen MR) is 85.7 cm³/mol. The number of ether oxygens (including phenoxy) is 1. The molecular formula is C15H16N2O2S. The third kappa shape index (κ3) is 3.39. The van der Waals surface area contributed by atoms with Crippen molar-refractivity contribution < 1.29 is 9.84 Å². The van der Waals surface area contributed by atoms with E-state index >= 15 is 0 Å². The third-order valence-electron chi connectivity index (χ3n) is 2.88. The van der Waals surface area contributed by atoms with Gasteiger partial charge in [-0.1, -0.05) is 0 Å². The van der Waals surface area contributed by atoms with Gasteiger partial charge in [-0.05, 0) is 60.7 Å². The quantitative estimate of drug-likeness (QED) is 0.849. The third-order valence-corrected chi connectivity index (χ3v) is 3.26. The molecule has 0 radical (unpaired) electrons. The molecule has 0 saturated heterocycles. The average molecular weight is 288 g/mol. The Kier molecular flexibility index (Phi) is 4.42. The number of hydrogen-bond donors (Lipinski definition) is 2. The molecule has 0 heterocycles. The average Bonchev–Trinajstić information content (AvgIpc) is 2.48. The van der Waals surface area contributed by atoms with Crippen molar-refractivity contribution in [2.24, 2.45) is 0 Å². The molecule has 2 N–H and O–H groups in total. The molecule has 0 aliphatic rings. The number of phenolic OH excluding ortho intramolecular Hbond substituents is 1. The number of rotatable bonds is 3. The van der Waals surface area contributed by atoms with E-state index in [0.29, 0.717) is 5.11 Å². The molecule has 104 valence electrons. The SMILES string of the molecule is COc1ccc(NC(=S)N(C)c2ccc(O)cc2)cc1. The second-order valence-corrected chi connectivity index (χ2v) is 4.62. The molecule has 0 bridgehead atoms. The Balaban J connectivity index is 2.05. The van der Waals surface area contributed by atoms with Gasteiger partial charge in [-0.25, -0.2) is 0 Å². The summed E-state index contributed by atoms with van der Waals surface area (Å²) in [4.78, 5) is 1.83. The van der Waals surface area contributed by atoms with Crippen LogP contribution in [0.25, 0.3) is 0 Å². The van der Waals surface area contributed by atoms with E-state index in [-0.39, 0.29) is 5.75 Å². The summed E-state index contributed by atoms with van der Waals surface area (Å²) < 4.78 is 5.11. The van der Waals surface area contributed by atoms with Crippen molar-refractivity contribution in [1.29, 1.82) is 0 Å². The molecule has 20 heavy (non-hydrogen) atoms. The lowest BCUT2D eigenvalue weighted by atomic mass is 10.3. The summed E-state index contributed by atoms with van der Waals surface area (Å²) in [5.74, 6) is 1.03. The first kappa shape index (κ1) is 14.1. The highest BCUT2D eigenvalue weighted by molar-refractivity contribution is 7.80. The van der Waals surface area contributed by atoms with Crippen molar-refractivity contribution in [2.45, 2.75) is 0 Å². The van der Waals surface area contributed by atoms with Crippen LogP contribution in [0.5, 0.6) is 11.5 Å². The fourth-order valence-electron chi connectivity index (χ4n) is 1.68. The first-order valence-corrected chi connectivity index (χ1v) is 6.49. The number of aromatic hydroxyl groups is 1. The van der Waals surface area contributed by atoms with Crippen molar-refractivity contribution in [3.63, 3.8) is 0 Å². The van der Waals surface area contributed by atoms with E-state index in [1.54, 1.807) is 31.4 Å². The smallest absolute Gasteiger partial charge is 0.177 e. The number of thiocarbonyl (C=S) groups is 1. The molecule has 0 saturated carbocycles. The van der Waals surface area contributed by atoms with Crippen LogP contribution in [0.2, 0.25) is 0 Å². The molecule has 0 spiro atoms. The fourth-order valence-corrected chi connectivity index (χ4v) is 1.90. The zero-order valence-electron chi connectivity index (χ0n) is 11.3. The summed E-state index contributed by atoms with van der Waals surface area (Å²) in [5, 5.41) is 13.0. The highest BCUT2D eigenvalue weighted by Gasteiger charge is 2.07. The number of phenols is 1. The minimum Gasteiger partial charge on any atom is -0.508 e. The first-order chi connectivity index (χ1) is 9.60. The van der Waals surface area contributed by atoms with Gasteiger partial charge < -0.3 is 20.1 Å². The van der Waals surface area contributed by atoms with Gasteiger partial charge in [-0.15, -0.1) is 0 Å². The standard InChI is InChI=1S/C15H16N2O2S/c1-17(12-5-7-13(18)8-6-12)15(20)16-11-3-9-14(19-2)10-4-11/h3-10,18H,1-2H3,(H,16,20). The van der Waals surface area contributed by atoms with Crippen LogP contribution in [-0.4, -0.2) is 24.4 Å². The lowest BCUT2D eigenvalue weighted by Crippen LogP contribution is -2.30. The van der Waals surface area contributed by atoms with Crippen LogP contribution in [0.3, 0.4) is 0 Å². The van der Waals surface area contributed by atoms with Crippen LogP contribution in [0.1, 0.15) is 0 Å². The van der Waals surface area contributed by atoms with Crippen LogP contribution < -0.4 is 15.0 Å². The number of nitrogens with one attached hydrogen (secondary N) is 1. The minimum absolute atomic E-state index is 0.233. The summed E-state index contributed by atoms with van der Waals surface area (Å²) in [7, 11) is 3.50. The van der Waals surface area contributed by atoms with Gasteiger partial charge >= 0.3 is 0 Å². The molecular weight excluding hydrogens is 272 g/mol. The largest absolute Gasteiger partial charge is 0.508 e. The Labute approximate surface area is 123 Å². The van der Waals surface area contributed by atoms with Gasteiger partial charge in [-0.2, -0.15) is 0 Å². The maximum atomic E-state index is 9.28. The van der Waals surface area contributed by atoms with Crippen molar-refractivity contribution in [3.8, 4) is 11.5 Å². The van der Waals surface area contributed by atoms with Crippen LogP contribution in [0.4, 0.5) is 11.4 Å². The Hall–Kier alpha value is -2.27. The molecule has 0 aliphatic heterocycles. The molecule has 2 rings (SSSR count).